The van der Waals surface area contributed by atoms with Crippen LogP contribution in [0, 0.1) is 5.82 Å². The van der Waals surface area contributed by atoms with E-state index in [0.29, 0.717) is 62.7 Å². The quantitative estimate of drug-likeness (QED) is 0.489. The lowest BCUT2D eigenvalue weighted by Gasteiger charge is -2.36. The van der Waals surface area contributed by atoms with Crippen molar-refractivity contribution in [1.82, 2.24) is 13.8 Å². The highest BCUT2D eigenvalue weighted by Gasteiger charge is 2.27. The van der Waals surface area contributed by atoms with Gasteiger partial charge in [0.2, 0.25) is 21.4 Å². The Morgan fingerprint density at radius 1 is 0.975 bits per heavy atom. The smallest absolute Gasteiger partial charge is 0.261 e. The number of hydrogen-bond donors (Lipinski definition) is 1. The molecule has 2 aliphatic rings. The molecule has 0 unspecified atom stereocenters. The number of hydrogen-bond acceptors (Lipinski definition) is 6. The molecule has 3 aromatic rings. The van der Waals surface area contributed by atoms with Gasteiger partial charge in [0.1, 0.15) is 11.4 Å². The van der Waals surface area contributed by atoms with Gasteiger partial charge >= 0.3 is 0 Å². The van der Waals surface area contributed by atoms with Crippen LogP contribution < -0.4 is 15.6 Å². The summed E-state index contributed by atoms with van der Waals surface area (Å²) in [5.41, 5.74) is 0.436. The molecule has 40 heavy (non-hydrogen) atoms. The first kappa shape index (κ1) is 27.8. The lowest BCUT2D eigenvalue weighted by Crippen LogP contribution is -2.48. The van der Waals surface area contributed by atoms with Crippen molar-refractivity contribution in [1.29, 1.82) is 0 Å². The number of sulfonamides is 1. The molecule has 2 saturated heterocycles. The third-order valence-corrected chi connectivity index (χ3v) is 9.53. The zero-order valence-corrected chi connectivity index (χ0v) is 23.3. The van der Waals surface area contributed by atoms with Crippen LogP contribution >= 0.6 is 0 Å². The van der Waals surface area contributed by atoms with Gasteiger partial charge in [-0.1, -0.05) is 0 Å². The van der Waals surface area contributed by atoms with Gasteiger partial charge in [-0.3, -0.25) is 14.4 Å². The van der Waals surface area contributed by atoms with Gasteiger partial charge in [0.15, 0.2) is 0 Å². The van der Waals surface area contributed by atoms with Crippen molar-refractivity contribution in [3.8, 4) is 0 Å². The normalized spacial score (nSPS) is 16.5. The van der Waals surface area contributed by atoms with Crippen LogP contribution in [0.15, 0.2) is 52.3 Å². The number of fused-ring (bicyclic) bond motifs is 1. The van der Waals surface area contributed by atoms with Crippen LogP contribution in [0.1, 0.15) is 37.0 Å². The molecule has 12 heteroatoms. The van der Waals surface area contributed by atoms with Crippen LogP contribution in [-0.4, -0.2) is 73.3 Å². The SMILES string of the molecule is CCn1cc(C(=O)Nc2ccc(S(=O)(=O)N3CCCC3)cc2)c(=O)c2cc(F)c(N3CCN(C(C)=O)CC3)cc21. The van der Waals surface area contributed by atoms with E-state index in [2.05, 4.69) is 5.32 Å². The van der Waals surface area contributed by atoms with Crippen molar-refractivity contribution in [3.05, 3.63) is 64.2 Å². The molecule has 0 aliphatic carbocycles. The summed E-state index contributed by atoms with van der Waals surface area (Å²) in [5, 5.41) is 2.75. The van der Waals surface area contributed by atoms with Crippen LogP contribution in [-0.2, 0) is 21.4 Å². The van der Waals surface area contributed by atoms with E-state index in [1.807, 2.05) is 11.8 Å². The molecule has 3 heterocycles. The number of amides is 2. The Bertz CT molecular complexity index is 1620. The Morgan fingerprint density at radius 3 is 2.23 bits per heavy atom. The number of carbonyl (C=O) groups excluding carboxylic acids is 2. The Kier molecular flexibility index (Phi) is 7.65. The summed E-state index contributed by atoms with van der Waals surface area (Å²) in [6, 6.07) is 8.63. The number of nitrogens with one attached hydrogen (secondary N) is 1. The molecule has 2 aliphatic heterocycles. The maximum atomic E-state index is 15.3. The first-order valence-electron chi connectivity index (χ1n) is 13.4. The van der Waals surface area contributed by atoms with Gasteiger partial charge in [-0.15, -0.1) is 0 Å². The van der Waals surface area contributed by atoms with Crippen molar-refractivity contribution in [2.24, 2.45) is 0 Å². The number of piperazine rings is 1. The van der Waals surface area contributed by atoms with E-state index >= 15 is 4.39 Å². The van der Waals surface area contributed by atoms with Gasteiger partial charge in [-0.05, 0) is 56.2 Å². The van der Waals surface area contributed by atoms with Gasteiger partial charge in [-0.25, -0.2) is 12.8 Å². The van der Waals surface area contributed by atoms with Gasteiger partial charge in [0.05, 0.1) is 16.1 Å². The van der Waals surface area contributed by atoms with Crippen LogP contribution in [0.4, 0.5) is 15.8 Å². The first-order valence-corrected chi connectivity index (χ1v) is 14.8. The minimum absolute atomic E-state index is 0.0210. The van der Waals surface area contributed by atoms with Crippen LogP contribution in [0.3, 0.4) is 0 Å². The number of aromatic nitrogens is 1. The molecule has 10 nitrogen and oxygen atoms in total. The summed E-state index contributed by atoms with van der Waals surface area (Å²) >= 11 is 0. The number of rotatable bonds is 6. The Morgan fingerprint density at radius 2 is 1.62 bits per heavy atom. The highest BCUT2D eigenvalue weighted by Crippen LogP contribution is 2.27. The number of carbonyl (C=O) groups is 2. The second-order valence-electron chi connectivity index (χ2n) is 10.1. The third kappa shape index (κ3) is 5.20. The van der Waals surface area contributed by atoms with E-state index < -0.39 is 27.2 Å². The third-order valence-electron chi connectivity index (χ3n) is 7.61. The Labute approximate surface area is 232 Å². The number of halogens is 1. The van der Waals surface area contributed by atoms with Gasteiger partial charge < -0.3 is 19.7 Å². The fourth-order valence-corrected chi connectivity index (χ4v) is 6.83. The molecule has 1 N–H and O–H groups in total. The van der Waals surface area contributed by atoms with Crippen LogP contribution in [0.5, 0.6) is 0 Å². The molecule has 0 saturated carbocycles. The lowest BCUT2D eigenvalue weighted by molar-refractivity contribution is -0.129. The number of pyridine rings is 1. The molecule has 0 bridgehead atoms. The molecule has 5 rings (SSSR count). The molecule has 2 fully saturated rings. The van der Waals surface area contributed by atoms with E-state index in [9.17, 15) is 22.8 Å². The molecular weight excluding hydrogens is 537 g/mol. The van der Waals surface area contributed by atoms with Gasteiger partial charge in [0, 0.05) is 70.0 Å². The summed E-state index contributed by atoms with van der Waals surface area (Å²) in [6.07, 6.45) is 3.12. The molecule has 0 radical (unpaired) electrons. The van der Waals surface area contributed by atoms with Crippen molar-refractivity contribution >= 4 is 44.1 Å². The molecule has 212 valence electrons. The van der Waals surface area contributed by atoms with Crippen molar-refractivity contribution in [3.63, 3.8) is 0 Å². The maximum Gasteiger partial charge on any atom is 0.261 e. The molecule has 0 atom stereocenters. The van der Waals surface area contributed by atoms with Crippen molar-refractivity contribution in [2.45, 2.75) is 38.1 Å². The van der Waals surface area contributed by atoms with Crippen molar-refractivity contribution < 1.29 is 22.4 Å². The zero-order chi connectivity index (χ0) is 28.6. The van der Waals surface area contributed by atoms with E-state index in [0.717, 1.165) is 12.8 Å². The van der Waals surface area contributed by atoms with E-state index in [-0.39, 0.29) is 21.8 Å². The fourth-order valence-electron chi connectivity index (χ4n) is 5.31. The predicted octanol–water partition coefficient (Wildman–Crippen LogP) is 2.87. The monoisotopic (exact) mass is 569 g/mol. The topological polar surface area (TPSA) is 112 Å². The molecule has 2 aromatic carbocycles. The van der Waals surface area contributed by atoms with E-state index in [4.69, 9.17) is 0 Å². The average Bonchev–Trinajstić information content (AvgIpc) is 3.50. The summed E-state index contributed by atoms with van der Waals surface area (Å²) in [6.45, 7) is 6.69. The molecular formula is C28H32FN5O5S. The minimum Gasteiger partial charge on any atom is -0.366 e. The maximum absolute atomic E-state index is 15.3. The molecule has 2 amide bonds. The molecule has 0 spiro atoms. The predicted molar refractivity (Wildman–Crippen MR) is 151 cm³/mol. The summed E-state index contributed by atoms with van der Waals surface area (Å²) in [4.78, 5) is 41.8. The van der Waals surface area contributed by atoms with E-state index in [1.54, 1.807) is 15.5 Å². The number of aryl methyl sites for hydroxylation is 1. The lowest BCUT2D eigenvalue weighted by atomic mass is 10.1. The summed E-state index contributed by atoms with van der Waals surface area (Å²) < 4.78 is 44.0. The Hall–Kier alpha value is -3.77. The number of nitrogens with zero attached hydrogens (tertiary/aromatic N) is 4. The summed E-state index contributed by atoms with van der Waals surface area (Å²) in [5.74, 6) is -1.27. The van der Waals surface area contributed by atoms with Gasteiger partial charge in [0.25, 0.3) is 5.91 Å². The standard InChI is InChI=1S/C28H32FN5O5S/c1-3-31-18-23(28(37)30-20-6-8-21(9-7-20)40(38,39)34-10-4-5-11-34)27(36)22-16-24(29)26(17-25(22)31)33-14-12-32(13-15-33)19(2)35/h6-9,16-18H,3-5,10-15H2,1-2H3,(H,30,37). The van der Waals surface area contributed by atoms with Crippen LogP contribution in [0.2, 0.25) is 0 Å². The largest absolute Gasteiger partial charge is 0.366 e. The zero-order valence-electron chi connectivity index (χ0n) is 22.5. The second-order valence-corrected chi connectivity index (χ2v) is 12.0. The average molecular weight is 570 g/mol. The number of benzene rings is 2. The second kappa shape index (κ2) is 11.0. The number of anilines is 2. The fraction of sp³-hybridized carbons (Fsp3) is 0.393. The van der Waals surface area contributed by atoms with Crippen LogP contribution in [0.25, 0.3) is 10.9 Å². The highest BCUT2D eigenvalue weighted by atomic mass is 32.2. The van der Waals surface area contributed by atoms with E-state index in [1.165, 1.54) is 47.8 Å². The van der Waals surface area contributed by atoms with Crippen molar-refractivity contribution in [2.75, 3.05) is 49.5 Å². The first-order chi connectivity index (χ1) is 19.1. The Balaban J connectivity index is 1.40. The summed E-state index contributed by atoms with van der Waals surface area (Å²) in [7, 11) is -3.59. The van der Waals surface area contributed by atoms with Gasteiger partial charge in [-0.2, -0.15) is 4.31 Å². The molecule has 1 aromatic heterocycles. The minimum atomic E-state index is -3.59. The highest BCUT2D eigenvalue weighted by molar-refractivity contribution is 7.89.